The van der Waals surface area contributed by atoms with E-state index in [0.29, 0.717) is 11.3 Å². The highest BCUT2D eigenvalue weighted by molar-refractivity contribution is 5.95. The zero-order chi connectivity index (χ0) is 20.2. The Labute approximate surface area is 157 Å². The van der Waals surface area contributed by atoms with E-state index in [1.54, 1.807) is 12.1 Å². The zero-order valence-electron chi connectivity index (χ0n) is 15.7. The fourth-order valence-electron chi connectivity index (χ4n) is 2.66. The van der Waals surface area contributed by atoms with Crippen LogP contribution in [0.25, 0.3) is 0 Å². The minimum absolute atomic E-state index is 0.00895. The van der Waals surface area contributed by atoms with Gasteiger partial charge in [0.15, 0.2) is 0 Å². The number of aromatic nitrogens is 1. The van der Waals surface area contributed by atoms with Crippen LogP contribution in [0, 0.1) is 11.6 Å². The van der Waals surface area contributed by atoms with Gasteiger partial charge >= 0.3 is 0 Å². The quantitative estimate of drug-likeness (QED) is 0.721. The molecule has 0 saturated carbocycles. The molecule has 2 unspecified atom stereocenters. The smallest absolute Gasteiger partial charge is 0.253 e. The second-order valence-corrected chi connectivity index (χ2v) is 7.54. The number of halogens is 2. The van der Waals surface area contributed by atoms with Crippen molar-refractivity contribution in [2.75, 3.05) is 0 Å². The number of aliphatic hydroxyl groups is 1. The Morgan fingerprint density at radius 3 is 2.41 bits per heavy atom. The summed E-state index contributed by atoms with van der Waals surface area (Å²) in [7, 11) is 0. The van der Waals surface area contributed by atoms with E-state index in [1.807, 2.05) is 20.8 Å². The van der Waals surface area contributed by atoms with Crippen LogP contribution < -0.4 is 11.1 Å². The molecule has 1 aromatic heterocycles. The molecule has 27 heavy (non-hydrogen) atoms. The van der Waals surface area contributed by atoms with Crippen LogP contribution in [0.2, 0.25) is 0 Å². The number of nitrogens with two attached hydrogens (primary N) is 1. The molecule has 0 fully saturated rings. The van der Waals surface area contributed by atoms with Gasteiger partial charge in [0.2, 0.25) is 0 Å². The number of pyridine rings is 1. The van der Waals surface area contributed by atoms with Crippen LogP contribution in [-0.4, -0.2) is 33.7 Å². The third-order valence-corrected chi connectivity index (χ3v) is 4.02. The first-order chi connectivity index (χ1) is 12.6. The Morgan fingerprint density at radius 1 is 1.19 bits per heavy atom. The third-order valence-electron chi connectivity index (χ3n) is 4.02. The van der Waals surface area contributed by atoms with Gasteiger partial charge in [-0.3, -0.25) is 9.78 Å². The molecule has 146 valence electrons. The molecule has 2 aromatic rings. The highest BCUT2D eigenvalue weighted by Gasteiger charge is 2.24. The first-order valence-corrected chi connectivity index (χ1v) is 8.71. The number of hydrogen-bond donors (Lipinski definition) is 3. The topological polar surface area (TPSA) is 88.2 Å². The molecule has 0 aliphatic heterocycles. The Balaban J connectivity index is 2.13. The molecule has 4 N–H and O–H groups in total. The molecule has 0 radical (unpaired) electrons. The lowest BCUT2D eigenvalue weighted by atomic mass is 9.96. The number of nitrogens with zero attached hydrogens (tertiary/aromatic N) is 1. The lowest BCUT2D eigenvalue weighted by Gasteiger charge is -2.23. The molecular weight excluding hydrogens is 352 g/mol. The minimum Gasteiger partial charge on any atom is -0.391 e. The molecule has 1 heterocycles. The van der Waals surface area contributed by atoms with Gasteiger partial charge in [0.1, 0.15) is 11.6 Å². The second kappa shape index (κ2) is 8.54. The summed E-state index contributed by atoms with van der Waals surface area (Å²) in [6.45, 7) is 5.57. The summed E-state index contributed by atoms with van der Waals surface area (Å²) >= 11 is 0. The maximum Gasteiger partial charge on any atom is 0.253 e. The minimum atomic E-state index is -1.12. The van der Waals surface area contributed by atoms with E-state index in [9.17, 15) is 18.7 Å². The van der Waals surface area contributed by atoms with Crippen molar-refractivity contribution in [1.82, 2.24) is 10.3 Å². The average Bonchev–Trinajstić information content (AvgIpc) is 2.57. The van der Waals surface area contributed by atoms with Gasteiger partial charge in [-0.2, -0.15) is 0 Å². The molecule has 0 bridgehead atoms. The zero-order valence-corrected chi connectivity index (χ0v) is 15.7. The molecule has 1 aromatic carbocycles. The Kier molecular flexibility index (Phi) is 6.62. The fraction of sp³-hybridized carbons (Fsp3) is 0.400. The van der Waals surface area contributed by atoms with Crippen molar-refractivity contribution < 1.29 is 18.7 Å². The van der Waals surface area contributed by atoms with Gasteiger partial charge in [-0.05, 0) is 51.5 Å². The van der Waals surface area contributed by atoms with Crippen molar-refractivity contribution in [3.63, 3.8) is 0 Å². The molecule has 5 nitrogen and oxygen atoms in total. The molecule has 0 aliphatic rings. The molecule has 2 rings (SSSR count). The van der Waals surface area contributed by atoms with E-state index >= 15 is 0 Å². The Bertz CT molecular complexity index is 786. The number of carbonyl (C=O) groups excluding carboxylic acids is 1. The largest absolute Gasteiger partial charge is 0.391 e. The van der Waals surface area contributed by atoms with Crippen molar-refractivity contribution in [1.29, 1.82) is 0 Å². The van der Waals surface area contributed by atoms with Crippen LogP contribution in [0.4, 0.5) is 8.78 Å². The van der Waals surface area contributed by atoms with Crippen LogP contribution in [0.5, 0.6) is 0 Å². The summed E-state index contributed by atoms with van der Waals surface area (Å²) in [5.74, 6) is -1.73. The summed E-state index contributed by atoms with van der Waals surface area (Å²) in [6.07, 6.45) is 0.207. The van der Waals surface area contributed by atoms with Crippen molar-refractivity contribution in [3.8, 4) is 0 Å². The maximum atomic E-state index is 13.8. The fourth-order valence-corrected chi connectivity index (χ4v) is 2.66. The van der Waals surface area contributed by atoms with Gasteiger partial charge < -0.3 is 16.2 Å². The second-order valence-electron chi connectivity index (χ2n) is 7.54. The monoisotopic (exact) mass is 377 g/mol. The van der Waals surface area contributed by atoms with E-state index in [-0.39, 0.29) is 24.3 Å². The van der Waals surface area contributed by atoms with Crippen molar-refractivity contribution in [2.45, 2.75) is 51.3 Å². The predicted molar refractivity (Wildman–Crippen MR) is 99.2 cm³/mol. The number of nitrogens with one attached hydrogen (secondary N) is 1. The summed E-state index contributed by atoms with van der Waals surface area (Å²) in [6, 6.07) is 5.87. The maximum absolute atomic E-state index is 13.8. The van der Waals surface area contributed by atoms with Crippen LogP contribution in [0.1, 0.15) is 42.4 Å². The van der Waals surface area contributed by atoms with Gasteiger partial charge in [-0.15, -0.1) is 0 Å². The molecular formula is C20H25F2N3O2. The SMILES string of the molecule is CC(C)(C)NC(=O)c1cccnc1CC(O)C(N)Cc1c(F)cccc1F. The molecule has 0 aliphatic carbocycles. The first kappa shape index (κ1) is 20.9. The van der Waals surface area contributed by atoms with E-state index in [2.05, 4.69) is 10.3 Å². The standard InChI is InChI=1S/C20H25F2N3O2/c1-20(2,3)25-19(27)12-6-5-9-24-17(12)11-18(26)16(23)10-13-14(21)7-4-8-15(13)22/h4-9,16,18,26H,10-11,23H2,1-3H3,(H,25,27). The number of hydrogen-bond acceptors (Lipinski definition) is 4. The van der Waals surface area contributed by atoms with Crippen LogP contribution in [0.15, 0.2) is 36.5 Å². The predicted octanol–water partition coefficient (Wildman–Crippen LogP) is 2.36. The van der Waals surface area contributed by atoms with Gasteiger partial charge in [0.05, 0.1) is 17.4 Å². The first-order valence-electron chi connectivity index (χ1n) is 8.71. The average molecular weight is 377 g/mol. The highest BCUT2D eigenvalue weighted by atomic mass is 19.1. The number of rotatable bonds is 6. The van der Waals surface area contributed by atoms with Crippen LogP contribution in [0.3, 0.4) is 0 Å². The van der Waals surface area contributed by atoms with Gasteiger partial charge in [-0.25, -0.2) is 8.78 Å². The van der Waals surface area contributed by atoms with Crippen LogP contribution >= 0.6 is 0 Å². The van der Waals surface area contributed by atoms with Crippen molar-refractivity contribution >= 4 is 5.91 Å². The molecule has 0 spiro atoms. The molecule has 2 atom stereocenters. The van der Waals surface area contributed by atoms with Gasteiger partial charge in [-0.1, -0.05) is 6.07 Å². The number of carbonyl (C=O) groups is 1. The number of aliphatic hydroxyl groups excluding tert-OH is 1. The molecule has 0 saturated heterocycles. The summed E-state index contributed by atoms with van der Waals surface area (Å²) < 4.78 is 27.6. The van der Waals surface area contributed by atoms with Crippen molar-refractivity contribution in [2.24, 2.45) is 5.73 Å². The summed E-state index contributed by atoms with van der Waals surface area (Å²) in [5.41, 5.74) is 6.05. The Hall–Kier alpha value is -2.38. The lowest BCUT2D eigenvalue weighted by Crippen LogP contribution is -2.42. The third kappa shape index (κ3) is 5.80. The molecule has 1 amide bonds. The van der Waals surface area contributed by atoms with E-state index in [1.165, 1.54) is 12.3 Å². The van der Waals surface area contributed by atoms with E-state index < -0.39 is 29.3 Å². The van der Waals surface area contributed by atoms with Crippen LogP contribution in [-0.2, 0) is 12.8 Å². The number of benzene rings is 1. The summed E-state index contributed by atoms with van der Waals surface area (Å²) in [5, 5.41) is 13.3. The van der Waals surface area contributed by atoms with Crippen molar-refractivity contribution in [3.05, 3.63) is 65.0 Å². The molecule has 7 heteroatoms. The Morgan fingerprint density at radius 2 is 1.81 bits per heavy atom. The normalized spacial score (nSPS) is 13.9. The van der Waals surface area contributed by atoms with Gasteiger partial charge in [0.25, 0.3) is 5.91 Å². The van der Waals surface area contributed by atoms with E-state index in [4.69, 9.17) is 5.73 Å². The van der Waals surface area contributed by atoms with Gasteiger partial charge in [0, 0.05) is 29.8 Å². The highest BCUT2D eigenvalue weighted by Crippen LogP contribution is 2.17. The lowest BCUT2D eigenvalue weighted by molar-refractivity contribution is 0.0916. The summed E-state index contributed by atoms with van der Waals surface area (Å²) in [4.78, 5) is 16.6. The number of amides is 1. The van der Waals surface area contributed by atoms with E-state index in [0.717, 1.165) is 12.1 Å².